The van der Waals surface area contributed by atoms with Crippen LogP contribution in [0.2, 0.25) is 0 Å². The first-order valence-electron chi connectivity index (χ1n) is 4.92. The minimum atomic E-state index is 0.114. The van der Waals surface area contributed by atoms with E-state index in [2.05, 4.69) is 24.0 Å². The van der Waals surface area contributed by atoms with Gasteiger partial charge in [-0.3, -0.25) is 4.98 Å². The largest absolute Gasteiger partial charge is 0.324 e. The summed E-state index contributed by atoms with van der Waals surface area (Å²) in [5, 5.41) is 1.17. The Bertz CT molecular complexity index is 432. The molecule has 2 N–H and O–H groups in total. The fourth-order valence-corrected chi connectivity index (χ4v) is 1.67. The smallest absolute Gasteiger partial charge is 0.0705 e. The fraction of sp³-hybridized carbons (Fsp3) is 0.250. The highest BCUT2D eigenvalue weighted by atomic mass is 14.7. The van der Waals surface area contributed by atoms with Gasteiger partial charge >= 0.3 is 0 Å². The molecule has 0 saturated heterocycles. The molecule has 0 amide bonds. The summed E-state index contributed by atoms with van der Waals surface area (Å²) in [7, 11) is 0. The van der Waals surface area contributed by atoms with E-state index in [4.69, 9.17) is 5.73 Å². The minimum Gasteiger partial charge on any atom is -0.324 e. The van der Waals surface area contributed by atoms with Gasteiger partial charge in [-0.25, -0.2) is 0 Å². The lowest BCUT2D eigenvalue weighted by Gasteiger charge is -2.11. The summed E-state index contributed by atoms with van der Waals surface area (Å²) in [5.41, 5.74) is 8.25. The predicted octanol–water partition coefficient (Wildman–Crippen LogP) is 2.64. The zero-order chi connectivity index (χ0) is 9.97. The van der Waals surface area contributed by atoms with Crippen LogP contribution in [0.15, 0.2) is 36.5 Å². The Kier molecular flexibility index (Phi) is 2.46. The highest BCUT2D eigenvalue weighted by Gasteiger charge is 2.06. The van der Waals surface area contributed by atoms with Gasteiger partial charge in [-0.2, -0.15) is 0 Å². The summed E-state index contributed by atoms with van der Waals surface area (Å²) in [6.07, 6.45) is 2.76. The van der Waals surface area contributed by atoms with Gasteiger partial charge in [0.2, 0.25) is 0 Å². The Morgan fingerprint density at radius 1 is 1.29 bits per heavy atom. The third-order valence-corrected chi connectivity index (χ3v) is 2.52. The van der Waals surface area contributed by atoms with Crippen molar-refractivity contribution < 1.29 is 0 Å². The molecule has 1 atom stereocenters. The molecular weight excluding hydrogens is 172 g/mol. The standard InChI is InChI=1S/C12H14N2/c1-2-11(13)9-5-3-7-12-10(9)6-4-8-14-12/h3-8,11H,2,13H2,1H3/t11-/m1/s1. The van der Waals surface area contributed by atoms with Crippen LogP contribution in [0, 0.1) is 0 Å². The molecule has 72 valence electrons. The molecule has 0 saturated carbocycles. The number of aromatic nitrogens is 1. The van der Waals surface area contributed by atoms with Gasteiger partial charge in [0, 0.05) is 17.6 Å². The molecule has 0 aliphatic rings. The van der Waals surface area contributed by atoms with Gasteiger partial charge in [-0.1, -0.05) is 25.1 Å². The van der Waals surface area contributed by atoms with Crippen LogP contribution in [0.1, 0.15) is 24.9 Å². The Balaban J connectivity index is 2.65. The summed E-state index contributed by atoms with van der Waals surface area (Å²) in [5.74, 6) is 0. The second-order valence-corrected chi connectivity index (χ2v) is 3.43. The maximum Gasteiger partial charge on any atom is 0.0705 e. The van der Waals surface area contributed by atoms with Gasteiger partial charge in [0.15, 0.2) is 0 Å². The van der Waals surface area contributed by atoms with E-state index in [9.17, 15) is 0 Å². The second kappa shape index (κ2) is 3.76. The first kappa shape index (κ1) is 9.16. The number of benzene rings is 1. The van der Waals surface area contributed by atoms with E-state index in [1.165, 1.54) is 10.9 Å². The summed E-state index contributed by atoms with van der Waals surface area (Å²) >= 11 is 0. The monoisotopic (exact) mass is 186 g/mol. The van der Waals surface area contributed by atoms with E-state index in [0.717, 1.165) is 11.9 Å². The molecule has 2 heteroatoms. The second-order valence-electron chi connectivity index (χ2n) is 3.43. The average Bonchev–Trinajstić information content (AvgIpc) is 2.27. The van der Waals surface area contributed by atoms with E-state index in [1.54, 1.807) is 0 Å². The molecule has 0 spiro atoms. The van der Waals surface area contributed by atoms with Crippen LogP contribution in [0.5, 0.6) is 0 Å². The normalized spacial score (nSPS) is 13.0. The van der Waals surface area contributed by atoms with E-state index >= 15 is 0 Å². The molecule has 0 unspecified atom stereocenters. The van der Waals surface area contributed by atoms with Crippen LogP contribution in [0.4, 0.5) is 0 Å². The van der Waals surface area contributed by atoms with Gasteiger partial charge in [-0.15, -0.1) is 0 Å². The first-order chi connectivity index (χ1) is 6.83. The van der Waals surface area contributed by atoms with Crippen LogP contribution >= 0.6 is 0 Å². The molecule has 1 aromatic carbocycles. The van der Waals surface area contributed by atoms with Crippen molar-refractivity contribution in [3.8, 4) is 0 Å². The van der Waals surface area contributed by atoms with Crippen molar-refractivity contribution >= 4 is 10.9 Å². The Morgan fingerprint density at radius 3 is 2.93 bits per heavy atom. The summed E-state index contributed by atoms with van der Waals surface area (Å²) in [6, 6.07) is 10.3. The van der Waals surface area contributed by atoms with Crippen molar-refractivity contribution in [3.63, 3.8) is 0 Å². The van der Waals surface area contributed by atoms with Gasteiger partial charge in [-0.05, 0) is 24.1 Å². The molecular formula is C12H14N2. The van der Waals surface area contributed by atoms with E-state index in [-0.39, 0.29) is 6.04 Å². The van der Waals surface area contributed by atoms with Crippen LogP contribution in [0.3, 0.4) is 0 Å². The Hall–Kier alpha value is -1.41. The maximum atomic E-state index is 6.03. The van der Waals surface area contributed by atoms with Gasteiger partial charge in [0.25, 0.3) is 0 Å². The van der Waals surface area contributed by atoms with Crippen molar-refractivity contribution in [2.45, 2.75) is 19.4 Å². The average molecular weight is 186 g/mol. The molecule has 1 heterocycles. The van der Waals surface area contributed by atoms with Gasteiger partial charge < -0.3 is 5.73 Å². The number of rotatable bonds is 2. The van der Waals surface area contributed by atoms with Crippen molar-refractivity contribution in [2.75, 3.05) is 0 Å². The Labute approximate surface area is 83.8 Å². The van der Waals surface area contributed by atoms with E-state index < -0.39 is 0 Å². The molecule has 0 bridgehead atoms. The third-order valence-electron chi connectivity index (χ3n) is 2.52. The maximum absolute atomic E-state index is 6.03. The third kappa shape index (κ3) is 1.49. The molecule has 2 nitrogen and oxygen atoms in total. The molecule has 0 aliphatic carbocycles. The van der Waals surface area contributed by atoms with Crippen molar-refractivity contribution in [1.29, 1.82) is 0 Å². The van der Waals surface area contributed by atoms with Crippen LogP contribution < -0.4 is 5.73 Å². The van der Waals surface area contributed by atoms with E-state index in [0.29, 0.717) is 0 Å². The molecule has 14 heavy (non-hydrogen) atoms. The fourth-order valence-electron chi connectivity index (χ4n) is 1.67. The molecule has 0 aliphatic heterocycles. The lowest BCUT2D eigenvalue weighted by molar-refractivity contribution is 0.704. The number of fused-ring (bicyclic) bond motifs is 1. The van der Waals surface area contributed by atoms with Crippen molar-refractivity contribution in [2.24, 2.45) is 5.73 Å². The molecule has 0 radical (unpaired) electrons. The van der Waals surface area contributed by atoms with Gasteiger partial charge in [0.05, 0.1) is 5.52 Å². The molecule has 0 fully saturated rings. The lowest BCUT2D eigenvalue weighted by Crippen LogP contribution is -2.09. The van der Waals surface area contributed by atoms with Crippen molar-refractivity contribution in [1.82, 2.24) is 4.98 Å². The summed E-state index contributed by atoms with van der Waals surface area (Å²) in [6.45, 7) is 2.10. The topological polar surface area (TPSA) is 38.9 Å². The summed E-state index contributed by atoms with van der Waals surface area (Å²) in [4.78, 5) is 4.30. The van der Waals surface area contributed by atoms with Crippen molar-refractivity contribution in [3.05, 3.63) is 42.1 Å². The Morgan fingerprint density at radius 2 is 2.14 bits per heavy atom. The zero-order valence-corrected chi connectivity index (χ0v) is 8.27. The minimum absolute atomic E-state index is 0.114. The van der Waals surface area contributed by atoms with Gasteiger partial charge in [0.1, 0.15) is 0 Å². The van der Waals surface area contributed by atoms with Crippen LogP contribution in [-0.2, 0) is 0 Å². The first-order valence-corrected chi connectivity index (χ1v) is 4.92. The van der Waals surface area contributed by atoms with E-state index in [1.807, 2.05) is 24.4 Å². The van der Waals surface area contributed by atoms with Crippen LogP contribution in [0.25, 0.3) is 10.9 Å². The SMILES string of the molecule is CC[C@@H](N)c1cccc2ncccc12. The molecule has 2 aromatic rings. The summed E-state index contributed by atoms with van der Waals surface area (Å²) < 4.78 is 0. The quantitative estimate of drug-likeness (QED) is 0.783. The zero-order valence-electron chi connectivity index (χ0n) is 8.27. The molecule has 2 rings (SSSR count). The highest BCUT2D eigenvalue weighted by molar-refractivity contribution is 5.82. The van der Waals surface area contributed by atoms with Crippen LogP contribution in [-0.4, -0.2) is 4.98 Å². The number of hydrogen-bond donors (Lipinski definition) is 1. The number of pyridine rings is 1. The number of nitrogens with zero attached hydrogens (tertiary/aromatic N) is 1. The number of nitrogens with two attached hydrogens (primary N) is 1. The predicted molar refractivity (Wildman–Crippen MR) is 59.0 cm³/mol. The highest BCUT2D eigenvalue weighted by Crippen LogP contribution is 2.22. The lowest BCUT2D eigenvalue weighted by atomic mass is 10.0. The number of hydrogen-bond acceptors (Lipinski definition) is 2. The molecule has 1 aromatic heterocycles.